The molecule has 1 N–H and O–H groups in total. The number of piperidine rings is 1. The maximum atomic E-state index is 14.1. The van der Waals surface area contributed by atoms with E-state index in [2.05, 4.69) is 10.4 Å². The molecule has 0 aliphatic carbocycles. The third kappa shape index (κ3) is 9.86. The Balaban J connectivity index is 0.000000540. The monoisotopic (exact) mass is 806 g/mol. The van der Waals surface area contributed by atoms with E-state index in [0.717, 1.165) is 21.3 Å². The van der Waals surface area contributed by atoms with Crippen molar-refractivity contribution < 1.29 is 40.2 Å². The van der Waals surface area contributed by atoms with Crippen LogP contribution in [-0.2, 0) is 21.1 Å². The molecular weight excluding hydrogens is 766 g/mol. The van der Waals surface area contributed by atoms with E-state index >= 15 is 0 Å². The molecule has 3 heterocycles. The van der Waals surface area contributed by atoms with Gasteiger partial charge in [-0.15, -0.1) is 0 Å². The number of likely N-dealkylation sites (N-methyl/N-ethyl adjacent to an activating group) is 1. The second kappa shape index (κ2) is 16.2. The van der Waals surface area contributed by atoms with Crippen molar-refractivity contribution in [1.29, 1.82) is 5.26 Å². The topological polar surface area (TPSA) is 175 Å². The number of aromatic nitrogens is 4. The summed E-state index contributed by atoms with van der Waals surface area (Å²) in [5, 5.41) is 16.6. The number of amides is 2. The quantitative estimate of drug-likeness (QED) is 0.178. The molecule has 2 amide bonds. The first kappa shape index (κ1) is 42.1. The molecule has 0 unspecified atom stereocenters. The van der Waals surface area contributed by atoms with Gasteiger partial charge in [-0.1, -0.05) is 24.3 Å². The fraction of sp³-hybridized carbons (Fsp3) is 0.308. The molecule has 1 aliphatic heterocycles. The fourth-order valence-corrected chi connectivity index (χ4v) is 6.86. The highest BCUT2D eigenvalue weighted by molar-refractivity contribution is 7.85. The van der Waals surface area contributed by atoms with E-state index in [4.69, 9.17) is 0 Å². The lowest BCUT2D eigenvalue weighted by atomic mass is 9.89. The van der Waals surface area contributed by atoms with Gasteiger partial charge in [0.05, 0.1) is 72.2 Å². The van der Waals surface area contributed by atoms with Crippen LogP contribution in [0.2, 0.25) is 0 Å². The fourth-order valence-electron chi connectivity index (χ4n) is 6.37. The number of quaternary nitrogens is 1. The van der Waals surface area contributed by atoms with E-state index in [-0.39, 0.29) is 27.9 Å². The zero-order chi connectivity index (χ0) is 41.9. The lowest BCUT2D eigenvalue weighted by molar-refractivity contribution is -0.862. The number of nitriles is 1. The molecule has 1 fully saturated rings. The Morgan fingerprint density at radius 1 is 0.965 bits per heavy atom. The first-order chi connectivity index (χ1) is 26.6. The number of carbonyl (C=O) groups is 2. The Hall–Kier alpha value is -6.03. The molecule has 1 saturated heterocycles. The van der Waals surface area contributed by atoms with Gasteiger partial charge in [-0.2, -0.15) is 23.5 Å². The molecule has 0 radical (unpaired) electrons. The largest absolute Gasteiger partial charge is 0.744 e. The molecule has 6 rings (SSSR count). The van der Waals surface area contributed by atoms with Crippen LogP contribution in [0.3, 0.4) is 0 Å². The Morgan fingerprint density at radius 3 is 2.14 bits per heavy atom. The summed E-state index contributed by atoms with van der Waals surface area (Å²) in [6.07, 6.45) is -2.31. The zero-order valence-electron chi connectivity index (χ0n) is 31.8. The van der Waals surface area contributed by atoms with Gasteiger partial charge in [0.15, 0.2) is 6.54 Å². The molecule has 0 bridgehead atoms. The predicted octanol–water partition coefficient (Wildman–Crippen LogP) is 4.93. The second-order valence-electron chi connectivity index (χ2n) is 14.8. The van der Waals surface area contributed by atoms with E-state index in [0.29, 0.717) is 53.9 Å². The SMILES string of the molecule is Cc1c(-c2ccnn2-c2ccc(C#N)cc2)n(C(=O)NC2(C)CCN(C(=O)C[N+](C)(C)C)CC2)c(=O)n1-c1cccc(C(F)(F)F)c1.O=S(=O)([O-])c1ccccc1. The molecule has 18 heteroatoms. The maximum absolute atomic E-state index is 14.1. The minimum absolute atomic E-state index is 0.00855. The van der Waals surface area contributed by atoms with Crippen molar-refractivity contribution in [3.63, 3.8) is 0 Å². The molecule has 57 heavy (non-hydrogen) atoms. The third-order valence-electron chi connectivity index (χ3n) is 9.32. The summed E-state index contributed by atoms with van der Waals surface area (Å²) < 4.78 is 75.8. The molecule has 1 aliphatic rings. The van der Waals surface area contributed by atoms with Gasteiger partial charge < -0.3 is 19.3 Å². The van der Waals surface area contributed by atoms with Gasteiger partial charge in [0.25, 0.3) is 5.91 Å². The highest BCUT2D eigenvalue weighted by Gasteiger charge is 2.37. The third-order valence-corrected chi connectivity index (χ3v) is 10.2. The molecule has 14 nitrogen and oxygen atoms in total. The molecule has 300 valence electrons. The van der Waals surface area contributed by atoms with Crippen LogP contribution in [0.25, 0.3) is 22.8 Å². The minimum atomic E-state index is -4.65. The number of hydrogen-bond acceptors (Lipinski definition) is 8. The number of benzene rings is 3. The lowest BCUT2D eigenvalue weighted by Gasteiger charge is -2.40. The van der Waals surface area contributed by atoms with Crippen molar-refractivity contribution >= 4 is 22.1 Å². The van der Waals surface area contributed by atoms with Crippen molar-refractivity contribution in [2.75, 3.05) is 40.8 Å². The van der Waals surface area contributed by atoms with Crippen molar-refractivity contribution in [3.8, 4) is 28.8 Å². The van der Waals surface area contributed by atoms with Gasteiger partial charge >= 0.3 is 17.9 Å². The number of rotatable bonds is 7. The van der Waals surface area contributed by atoms with Crippen LogP contribution in [0, 0.1) is 18.3 Å². The van der Waals surface area contributed by atoms with E-state index in [1.807, 2.05) is 34.1 Å². The number of nitrogens with one attached hydrogen (secondary N) is 1. The second-order valence-corrected chi connectivity index (χ2v) is 16.2. The summed E-state index contributed by atoms with van der Waals surface area (Å²) in [5.74, 6) is 0.00855. The van der Waals surface area contributed by atoms with Crippen LogP contribution in [0.5, 0.6) is 0 Å². The van der Waals surface area contributed by atoms with Crippen molar-refractivity contribution in [1.82, 2.24) is 29.1 Å². The van der Waals surface area contributed by atoms with Crippen LogP contribution in [0.4, 0.5) is 18.0 Å². The van der Waals surface area contributed by atoms with Gasteiger partial charge in [-0.3, -0.25) is 9.36 Å². The van der Waals surface area contributed by atoms with Crippen LogP contribution < -0.4 is 11.0 Å². The van der Waals surface area contributed by atoms with Crippen molar-refractivity contribution in [3.05, 3.63) is 118 Å². The molecule has 0 atom stereocenters. The van der Waals surface area contributed by atoms with Gasteiger partial charge in [-0.25, -0.2) is 27.3 Å². The van der Waals surface area contributed by atoms with Gasteiger partial charge in [0.1, 0.15) is 15.8 Å². The first-order valence-corrected chi connectivity index (χ1v) is 19.0. The summed E-state index contributed by atoms with van der Waals surface area (Å²) in [4.78, 5) is 42.6. The number of imidazole rings is 1. The van der Waals surface area contributed by atoms with Crippen molar-refractivity contribution in [2.24, 2.45) is 0 Å². The average Bonchev–Trinajstić information content (AvgIpc) is 3.72. The summed E-state index contributed by atoms with van der Waals surface area (Å²) in [6, 6.07) is 20.9. The van der Waals surface area contributed by atoms with Gasteiger partial charge in [0.2, 0.25) is 0 Å². The van der Waals surface area contributed by atoms with E-state index < -0.39 is 39.1 Å². The number of carbonyl (C=O) groups excluding carboxylic acids is 2. The summed E-state index contributed by atoms with van der Waals surface area (Å²) in [5.41, 5.74) is -1.01. The van der Waals surface area contributed by atoms with Crippen LogP contribution >= 0.6 is 0 Å². The highest BCUT2D eigenvalue weighted by atomic mass is 32.2. The van der Waals surface area contributed by atoms with E-state index in [1.165, 1.54) is 47.3 Å². The van der Waals surface area contributed by atoms with E-state index in [1.54, 1.807) is 48.2 Å². The number of likely N-dealkylation sites (tertiary alicyclic amines) is 1. The molecule has 0 saturated carbocycles. The molecule has 0 spiro atoms. The van der Waals surface area contributed by atoms with Gasteiger partial charge in [0, 0.05) is 18.6 Å². The molecule has 5 aromatic rings. The van der Waals surface area contributed by atoms with Gasteiger partial charge in [-0.05, 0) is 87.4 Å². The predicted molar refractivity (Wildman–Crippen MR) is 202 cm³/mol. The minimum Gasteiger partial charge on any atom is -0.744 e. The standard InChI is InChI=1S/C33H35F3N8O3.C6H6O3S/c1-22-29(27-13-16-38-43(27)25-11-9-23(20-37)10-12-25)42(31(47)41(22)26-8-6-7-24(19-26)33(34,35)36)30(46)39-32(2)14-17-40(18-15-32)28(45)21-44(3,4)5;7-10(8,9)6-4-2-1-3-5-6/h6-13,16,19H,14-15,17-18,21H2,1-5H3;1-5H,(H,7,8,9). The summed E-state index contributed by atoms with van der Waals surface area (Å²) >= 11 is 0. The van der Waals surface area contributed by atoms with Crippen LogP contribution in [-0.4, -0.2) is 99.5 Å². The number of alkyl halides is 3. The molecular formula is C39H41F3N8O6S. The van der Waals surface area contributed by atoms with Crippen LogP contribution in [0.1, 0.15) is 36.6 Å². The number of halogens is 3. The molecule has 3 aromatic carbocycles. The highest BCUT2D eigenvalue weighted by Crippen LogP contribution is 2.32. The Morgan fingerprint density at radius 2 is 1.60 bits per heavy atom. The normalized spacial score (nSPS) is 14.3. The Kier molecular flexibility index (Phi) is 12.0. The maximum Gasteiger partial charge on any atom is 0.416 e. The number of nitrogens with zero attached hydrogens (tertiary/aromatic N) is 7. The summed E-state index contributed by atoms with van der Waals surface area (Å²) in [7, 11) is 1.55. The summed E-state index contributed by atoms with van der Waals surface area (Å²) in [6.45, 7) is 4.54. The zero-order valence-corrected chi connectivity index (χ0v) is 32.6. The van der Waals surface area contributed by atoms with Crippen molar-refractivity contribution in [2.45, 2.75) is 43.3 Å². The first-order valence-electron chi connectivity index (χ1n) is 17.6. The smallest absolute Gasteiger partial charge is 0.416 e. The van der Waals surface area contributed by atoms with E-state index in [9.17, 15) is 45.8 Å². The number of hydrogen-bond donors (Lipinski definition) is 1. The Labute approximate surface area is 327 Å². The van der Waals surface area contributed by atoms with Crippen LogP contribution in [0.15, 0.2) is 101 Å². The lowest BCUT2D eigenvalue weighted by Crippen LogP contribution is -2.57. The molecule has 2 aromatic heterocycles. The average molecular weight is 807 g/mol. The Bertz CT molecular complexity index is 2470.